The molecule has 3 aromatic rings. The standard InChI is InChI=1S/C31H37N3O6S/c1-23(31(36)32-25-11-7-8-12-25)33(21-24-10-9-15-28(20-24)40-3)30(35)22-34(26-13-5-4-6-14-26)41(37,38)29-18-16-27(39-2)17-19-29/h4-6,9-10,13-20,23,25H,7-8,11-12,21-22H2,1-3H3,(H,32,36). The number of para-hydroxylation sites is 1. The van der Waals surface area contributed by atoms with Gasteiger partial charge in [0.1, 0.15) is 24.1 Å². The van der Waals surface area contributed by atoms with Gasteiger partial charge in [0.05, 0.1) is 24.8 Å². The molecule has 9 nitrogen and oxygen atoms in total. The summed E-state index contributed by atoms with van der Waals surface area (Å²) in [7, 11) is -1.09. The second-order valence-electron chi connectivity index (χ2n) is 10.1. The van der Waals surface area contributed by atoms with Crippen molar-refractivity contribution in [1.82, 2.24) is 10.2 Å². The Morgan fingerprint density at radius 1 is 0.902 bits per heavy atom. The highest BCUT2D eigenvalue weighted by Crippen LogP contribution is 2.26. The van der Waals surface area contributed by atoms with E-state index in [0.29, 0.717) is 17.2 Å². The second kappa shape index (κ2) is 13.5. The van der Waals surface area contributed by atoms with Gasteiger partial charge in [-0.2, -0.15) is 0 Å². The minimum atomic E-state index is -4.15. The molecule has 0 aliphatic heterocycles. The third kappa shape index (κ3) is 7.38. The van der Waals surface area contributed by atoms with Gasteiger partial charge < -0.3 is 19.7 Å². The Labute approximate surface area is 242 Å². The van der Waals surface area contributed by atoms with E-state index in [1.54, 1.807) is 68.6 Å². The molecule has 41 heavy (non-hydrogen) atoms. The summed E-state index contributed by atoms with van der Waals surface area (Å²) in [6.45, 7) is 1.27. The van der Waals surface area contributed by atoms with E-state index >= 15 is 0 Å². The first-order chi connectivity index (χ1) is 19.7. The van der Waals surface area contributed by atoms with Crippen molar-refractivity contribution < 1.29 is 27.5 Å². The van der Waals surface area contributed by atoms with Crippen molar-refractivity contribution in [3.8, 4) is 11.5 Å². The van der Waals surface area contributed by atoms with Crippen molar-refractivity contribution in [2.24, 2.45) is 0 Å². The number of anilines is 1. The number of hydrogen-bond acceptors (Lipinski definition) is 6. The smallest absolute Gasteiger partial charge is 0.264 e. The summed E-state index contributed by atoms with van der Waals surface area (Å²) in [5.41, 5.74) is 1.09. The normalized spacial score (nSPS) is 14.2. The Kier molecular flexibility index (Phi) is 9.88. The maximum atomic E-state index is 14.0. The molecule has 1 aliphatic carbocycles. The lowest BCUT2D eigenvalue weighted by molar-refractivity contribution is -0.139. The van der Waals surface area contributed by atoms with Gasteiger partial charge in [-0.1, -0.05) is 43.2 Å². The highest BCUT2D eigenvalue weighted by atomic mass is 32.2. The zero-order valence-corrected chi connectivity index (χ0v) is 24.5. The summed E-state index contributed by atoms with van der Waals surface area (Å²) in [4.78, 5) is 28.8. The van der Waals surface area contributed by atoms with Gasteiger partial charge in [0.25, 0.3) is 10.0 Å². The highest BCUT2D eigenvalue weighted by molar-refractivity contribution is 7.92. The predicted molar refractivity (Wildman–Crippen MR) is 157 cm³/mol. The topological polar surface area (TPSA) is 105 Å². The molecule has 0 saturated heterocycles. The number of carbonyl (C=O) groups is 2. The van der Waals surface area contributed by atoms with Gasteiger partial charge in [-0.15, -0.1) is 0 Å². The molecular weight excluding hydrogens is 542 g/mol. The summed E-state index contributed by atoms with van der Waals surface area (Å²) >= 11 is 0. The molecule has 0 aromatic heterocycles. The Hall–Kier alpha value is -4.05. The number of hydrogen-bond donors (Lipinski definition) is 1. The van der Waals surface area contributed by atoms with Crippen LogP contribution in [0.3, 0.4) is 0 Å². The molecule has 0 spiro atoms. The quantitative estimate of drug-likeness (QED) is 0.342. The summed E-state index contributed by atoms with van der Waals surface area (Å²) in [6, 6.07) is 21.0. The van der Waals surface area contributed by atoms with Crippen molar-refractivity contribution >= 4 is 27.5 Å². The van der Waals surface area contributed by atoms with E-state index < -0.39 is 28.5 Å². The number of nitrogens with one attached hydrogen (secondary N) is 1. The fourth-order valence-electron chi connectivity index (χ4n) is 4.94. The first-order valence-electron chi connectivity index (χ1n) is 13.7. The van der Waals surface area contributed by atoms with Gasteiger partial charge >= 0.3 is 0 Å². The lowest BCUT2D eigenvalue weighted by Crippen LogP contribution is -2.52. The molecular formula is C31H37N3O6S. The number of methoxy groups -OCH3 is 2. The maximum Gasteiger partial charge on any atom is 0.264 e. The van der Waals surface area contributed by atoms with Crippen molar-refractivity contribution in [2.45, 2.75) is 56.1 Å². The third-order valence-electron chi connectivity index (χ3n) is 7.33. The van der Waals surface area contributed by atoms with Crippen molar-refractivity contribution in [2.75, 3.05) is 25.1 Å². The molecule has 0 radical (unpaired) electrons. The number of rotatable bonds is 12. The van der Waals surface area contributed by atoms with Crippen LogP contribution in [0, 0.1) is 0 Å². The van der Waals surface area contributed by atoms with Crippen LogP contribution in [-0.2, 0) is 26.2 Å². The Bertz CT molecular complexity index is 1420. The van der Waals surface area contributed by atoms with Gasteiger partial charge in [-0.05, 0) is 73.9 Å². The predicted octanol–water partition coefficient (Wildman–Crippen LogP) is 4.38. The summed E-state index contributed by atoms with van der Waals surface area (Å²) < 4.78 is 39.4. The average molecular weight is 580 g/mol. The minimum absolute atomic E-state index is 0.0151. The van der Waals surface area contributed by atoms with Crippen molar-refractivity contribution in [1.29, 1.82) is 0 Å². The van der Waals surface area contributed by atoms with Crippen LogP contribution >= 0.6 is 0 Å². The van der Waals surface area contributed by atoms with E-state index in [0.717, 1.165) is 35.6 Å². The Balaban J connectivity index is 1.67. The van der Waals surface area contributed by atoms with Gasteiger partial charge in [0, 0.05) is 12.6 Å². The van der Waals surface area contributed by atoms with E-state index in [-0.39, 0.29) is 23.4 Å². The molecule has 0 bridgehead atoms. The molecule has 1 N–H and O–H groups in total. The molecule has 1 saturated carbocycles. The SMILES string of the molecule is COc1ccc(S(=O)(=O)N(CC(=O)N(Cc2cccc(OC)c2)C(C)C(=O)NC2CCCC2)c2ccccc2)cc1. The van der Waals surface area contributed by atoms with Crippen LogP contribution in [0.4, 0.5) is 5.69 Å². The molecule has 218 valence electrons. The van der Waals surface area contributed by atoms with Crippen LogP contribution in [0.15, 0.2) is 83.8 Å². The highest BCUT2D eigenvalue weighted by Gasteiger charge is 2.33. The van der Waals surface area contributed by atoms with E-state index in [1.165, 1.54) is 24.1 Å². The van der Waals surface area contributed by atoms with E-state index in [1.807, 2.05) is 12.1 Å². The lowest BCUT2D eigenvalue weighted by Gasteiger charge is -2.32. The molecule has 3 aromatic carbocycles. The Morgan fingerprint density at radius 3 is 2.20 bits per heavy atom. The van der Waals surface area contributed by atoms with Gasteiger partial charge in [-0.3, -0.25) is 13.9 Å². The van der Waals surface area contributed by atoms with Crippen LogP contribution in [0.25, 0.3) is 0 Å². The van der Waals surface area contributed by atoms with Gasteiger partial charge in [-0.25, -0.2) is 8.42 Å². The van der Waals surface area contributed by atoms with Crippen molar-refractivity contribution in [3.05, 3.63) is 84.4 Å². The fourth-order valence-corrected chi connectivity index (χ4v) is 6.35. The largest absolute Gasteiger partial charge is 0.497 e. The van der Waals surface area contributed by atoms with E-state index in [9.17, 15) is 18.0 Å². The molecule has 1 unspecified atom stereocenters. The summed E-state index contributed by atoms with van der Waals surface area (Å²) in [5, 5.41) is 3.07. The molecule has 1 fully saturated rings. The molecule has 1 aliphatic rings. The second-order valence-corrected chi connectivity index (χ2v) is 11.9. The number of nitrogens with zero attached hydrogens (tertiary/aromatic N) is 2. The molecule has 4 rings (SSSR count). The van der Waals surface area contributed by atoms with Crippen molar-refractivity contribution in [3.63, 3.8) is 0 Å². The number of ether oxygens (including phenoxy) is 2. The minimum Gasteiger partial charge on any atom is -0.497 e. The maximum absolute atomic E-state index is 14.0. The number of benzene rings is 3. The summed E-state index contributed by atoms with van der Waals surface area (Å²) in [6.07, 6.45) is 3.93. The molecule has 0 heterocycles. The van der Waals surface area contributed by atoms with Gasteiger partial charge in [0.2, 0.25) is 11.8 Å². The van der Waals surface area contributed by atoms with Crippen LogP contribution in [0.5, 0.6) is 11.5 Å². The lowest BCUT2D eigenvalue weighted by atomic mass is 10.1. The molecule has 2 amide bonds. The third-order valence-corrected chi connectivity index (χ3v) is 9.11. The van der Waals surface area contributed by atoms with E-state index in [2.05, 4.69) is 5.32 Å². The van der Waals surface area contributed by atoms with Crippen LogP contribution in [0.2, 0.25) is 0 Å². The number of carbonyl (C=O) groups excluding carboxylic acids is 2. The zero-order chi connectivity index (χ0) is 29.4. The monoisotopic (exact) mass is 579 g/mol. The first kappa shape index (κ1) is 29.9. The van der Waals surface area contributed by atoms with E-state index in [4.69, 9.17) is 9.47 Å². The molecule has 10 heteroatoms. The van der Waals surface area contributed by atoms with Crippen LogP contribution in [-0.4, -0.2) is 58.0 Å². The van der Waals surface area contributed by atoms with Crippen LogP contribution < -0.4 is 19.1 Å². The van der Waals surface area contributed by atoms with Crippen LogP contribution in [0.1, 0.15) is 38.2 Å². The fraction of sp³-hybridized carbons (Fsp3) is 0.355. The average Bonchev–Trinajstić information content (AvgIpc) is 3.51. The summed E-state index contributed by atoms with van der Waals surface area (Å²) in [5.74, 6) is 0.351. The Morgan fingerprint density at radius 2 is 1.56 bits per heavy atom. The number of amides is 2. The zero-order valence-electron chi connectivity index (χ0n) is 23.7. The first-order valence-corrected chi connectivity index (χ1v) is 15.1. The molecule has 1 atom stereocenters. The number of sulfonamides is 1. The van der Waals surface area contributed by atoms with Gasteiger partial charge in [0.15, 0.2) is 0 Å².